The second-order valence-corrected chi connectivity index (χ2v) is 6.79. The van der Waals surface area contributed by atoms with Crippen molar-refractivity contribution in [2.24, 2.45) is 5.92 Å². The first-order valence-corrected chi connectivity index (χ1v) is 8.84. The monoisotopic (exact) mass is 377 g/mol. The quantitative estimate of drug-likeness (QED) is 0.889. The van der Waals surface area contributed by atoms with Gasteiger partial charge in [0.25, 0.3) is 11.8 Å². The van der Waals surface area contributed by atoms with Crippen molar-refractivity contribution in [2.75, 3.05) is 13.1 Å². The van der Waals surface area contributed by atoms with Crippen molar-refractivity contribution < 1.29 is 22.8 Å². The van der Waals surface area contributed by atoms with E-state index in [2.05, 4.69) is 17.2 Å². The Morgan fingerprint density at radius 1 is 1.30 bits per heavy atom. The molecule has 1 fully saturated rings. The predicted octanol–water partition coefficient (Wildman–Crippen LogP) is 3.06. The number of halogens is 2. The molecule has 1 aromatic carbocycles. The van der Waals surface area contributed by atoms with Gasteiger partial charge < -0.3 is 14.6 Å². The number of carbonyl (C=O) groups is 2. The van der Waals surface area contributed by atoms with Crippen LogP contribution in [-0.4, -0.2) is 34.8 Å². The van der Waals surface area contributed by atoms with Crippen molar-refractivity contribution in [3.05, 3.63) is 52.7 Å². The van der Waals surface area contributed by atoms with E-state index in [9.17, 15) is 18.4 Å². The smallest absolute Gasteiger partial charge is 0.276 e. The maximum atomic E-state index is 13.6. The van der Waals surface area contributed by atoms with Gasteiger partial charge in [0, 0.05) is 19.2 Å². The molecule has 0 spiro atoms. The van der Waals surface area contributed by atoms with Crippen LogP contribution in [0.1, 0.15) is 52.3 Å². The number of carbonyl (C=O) groups excluding carboxylic acids is 2. The second-order valence-electron chi connectivity index (χ2n) is 6.79. The minimum absolute atomic E-state index is 0.110. The minimum Gasteiger partial charge on any atom is -0.443 e. The fourth-order valence-electron chi connectivity index (χ4n) is 3.01. The molecule has 8 heteroatoms. The largest absolute Gasteiger partial charge is 0.443 e. The standard InChI is InChI=1S/C19H21F2N3O3/c1-11-5-7-24(8-6-11)19(26)17-12(2)27-16(23-17)10-22-18(25)14-4-3-13(20)9-15(14)21/h3-4,9,11H,5-8,10H2,1-2H3,(H,22,25). The van der Waals surface area contributed by atoms with Crippen LogP contribution in [0.4, 0.5) is 8.78 Å². The van der Waals surface area contributed by atoms with Crippen molar-refractivity contribution in [3.8, 4) is 0 Å². The number of nitrogens with one attached hydrogen (secondary N) is 1. The fourth-order valence-corrected chi connectivity index (χ4v) is 3.01. The fraction of sp³-hybridized carbons (Fsp3) is 0.421. The van der Waals surface area contributed by atoms with Gasteiger partial charge in [0.05, 0.1) is 12.1 Å². The first-order chi connectivity index (χ1) is 12.8. The van der Waals surface area contributed by atoms with Gasteiger partial charge in [-0.1, -0.05) is 6.92 Å². The van der Waals surface area contributed by atoms with Crippen molar-refractivity contribution in [1.82, 2.24) is 15.2 Å². The lowest BCUT2D eigenvalue weighted by Crippen LogP contribution is -2.38. The van der Waals surface area contributed by atoms with Gasteiger partial charge in [0.15, 0.2) is 5.69 Å². The summed E-state index contributed by atoms with van der Waals surface area (Å²) < 4.78 is 32.0. The van der Waals surface area contributed by atoms with Crippen LogP contribution in [0.25, 0.3) is 0 Å². The van der Waals surface area contributed by atoms with Gasteiger partial charge in [-0.15, -0.1) is 0 Å². The van der Waals surface area contributed by atoms with E-state index in [4.69, 9.17) is 4.42 Å². The van der Waals surface area contributed by atoms with Gasteiger partial charge in [-0.3, -0.25) is 9.59 Å². The van der Waals surface area contributed by atoms with Crippen LogP contribution in [0, 0.1) is 24.5 Å². The van der Waals surface area contributed by atoms with E-state index in [0.29, 0.717) is 30.8 Å². The molecule has 2 heterocycles. The average molecular weight is 377 g/mol. The molecule has 0 aliphatic carbocycles. The highest BCUT2D eigenvalue weighted by Crippen LogP contribution is 2.20. The van der Waals surface area contributed by atoms with Gasteiger partial charge in [0.2, 0.25) is 5.89 Å². The third-order valence-corrected chi connectivity index (χ3v) is 4.69. The van der Waals surface area contributed by atoms with Crippen LogP contribution in [0.3, 0.4) is 0 Å². The van der Waals surface area contributed by atoms with Crippen LogP contribution in [0.2, 0.25) is 0 Å². The number of hydrogen-bond donors (Lipinski definition) is 1. The van der Waals surface area contributed by atoms with Crippen LogP contribution in [-0.2, 0) is 6.54 Å². The summed E-state index contributed by atoms with van der Waals surface area (Å²) >= 11 is 0. The lowest BCUT2D eigenvalue weighted by molar-refractivity contribution is 0.0690. The van der Waals surface area contributed by atoms with Gasteiger partial charge >= 0.3 is 0 Å². The molecule has 0 unspecified atom stereocenters. The van der Waals surface area contributed by atoms with Crippen molar-refractivity contribution in [3.63, 3.8) is 0 Å². The van der Waals surface area contributed by atoms with E-state index in [1.54, 1.807) is 11.8 Å². The summed E-state index contributed by atoms with van der Waals surface area (Å²) in [5.74, 6) is -1.50. The minimum atomic E-state index is -0.953. The molecule has 6 nitrogen and oxygen atoms in total. The molecule has 1 aliphatic rings. The van der Waals surface area contributed by atoms with Crippen LogP contribution >= 0.6 is 0 Å². The Labute approximate surface area is 155 Å². The zero-order valence-electron chi connectivity index (χ0n) is 15.2. The van der Waals surface area contributed by atoms with Crippen LogP contribution in [0.5, 0.6) is 0 Å². The zero-order valence-corrected chi connectivity index (χ0v) is 15.2. The summed E-state index contributed by atoms with van der Waals surface area (Å²) in [6, 6.07) is 2.71. The second kappa shape index (κ2) is 7.85. The lowest BCUT2D eigenvalue weighted by Gasteiger charge is -2.29. The van der Waals surface area contributed by atoms with Crippen molar-refractivity contribution in [1.29, 1.82) is 0 Å². The summed E-state index contributed by atoms with van der Waals surface area (Å²) in [7, 11) is 0. The molecule has 1 aromatic heterocycles. The molecule has 0 atom stereocenters. The van der Waals surface area contributed by atoms with E-state index < -0.39 is 17.5 Å². The topological polar surface area (TPSA) is 75.4 Å². The molecule has 27 heavy (non-hydrogen) atoms. The number of benzene rings is 1. The highest BCUT2D eigenvalue weighted by atomic mass is 19.1. The number of likely N-dealkylation sites (tertiary alicyclic amines) is 1. The Balaban J connectivity index is 1.64. The molecule has 0 bridgehead atoms. The number of aryl methyl sites for hydroxylation is 1. The molecule has 2 aromatic rings. The molecule has 1 N–H and O–H groups in total. The Kier molecular flexibility index (Phi) is 5.53. The normalized spacial score (nSPS) is 15.0. The Morgan fingerprint density at radius 3 is 2.67 bits per heavy atom. The zero-order chi connectivity index (χ0) is 19.6. The van der Waals surface area contributed by atoms with Crippen molar-refractivity contribution in [2.45, 2.75) is 33.2 Å². The Morgan fingerprint density at radius 2 is 2.00 bits per heavy atom. The van der Waals surface area contributed by atoms with E-state index in [1.807, 2.05) is 0 Å². The maximum Gasteiger partial charge on any atom is 0.276 e. The predicted molar refractivity (Wildman–Crippen MR) is 93.1 cm³/mol. The number of oxazole rings is 1. The number of hydrogen-bond acceptors (Lipinski definition) is 4. The highest BCUT2D eigenvalue weighted by Gasteiger charge is 2.26. The first-order valence-electron chi connectivity index (χ1n) is 8.84. The molecule has 1 aliphatic heterocycles. The van der Waals surface area contributed by atoms with Crippen molar-refractivity contribution >= 4 is 11.8 Å². The first kappa shape index (κ1) is 19.0. The average Bonchev–Trinajstić information content (AvgIpc) is 3.00. The number of nitrogens with zero attached hydrogens (tertiary/aromatic N) is 2. The molecule has 0 radical (unpaired) electrons. The summed E-state index contributed by atoms with van der Waals surface area (Å²) in [5.41, 5.74) is -0.0554. The Hall–Kier alpha value is -2.77. The maximum absolute atomic E-state index is 13.6. The molecule has 1 saturated heterocycles. The van der Waals surface area contributed by atoms with Crippen LogP contribution in [0.15, 0.2) is 22.6 Å². The summed E-state index contributed by atoms with van der Waals surface area (Å²) in [4.78, 5) is 30.6. The summed E-state index contributed by atoms with van der Waals surface area (Å²) in [5, 5.41) is 2.46. The van der Waals surface area contributed by atoms with Crippen LogP contribution < -0.4 is 5.32 Å². The molecule has 3 rings (SSSR count). The van der Waals surface area contributed by atoms with E-state index >= 15 is 0 Å². The number of amides is 2. The summed E-state index contributed by atoms with van der Waals surface area (Å²) in [6.45, 7) is 5.05. The van der Waals surface area contributed by atoms with Gasteiger partial charge in [-0.2, -0.15) is 0 Å². The number of rotatable bonds is 4. The molecule has 144 valence electrons. The van der Waals surface area contributed by atoms with Gasteiger partial charge in [-0.05, 0) is 37.8 Å². The SMILES string of the molecule is Cc1oc(CNC(=O)c2ccc(F)cc2F)nc1C(=O)N1CCC(C)CC1. The van der Waals surface area contributed by atoms with E-state index in [0.717, 1.165) is 25.0 Å². The molecule has 0 saturated carbocycles. The molecular weight excluding hydrogens is 356 g/mol. The van der Waals surface area contributed by atoms with E-state index in [-0.39, 0.29) is 29.6 Å². The summed E-state index contributed by atoms with van der Waals surface area (Å²) in [6.07, 6.45) is 1.91. The molecule has 2 amide bonds. The van der Waals surface area contributed by atoms with E-state index in [1.165, 1.54) is 0 Å². The lowest BCUT2D eigenvalue weighted by atomic mass is 9.99. The number of aromatic nitrogens is 1. The third-order valence-electron chi connectivity index (χ3n) is 4.69. The van der Waals surface area contributed by atoms with Gasteiger partial charge in [-0.25, -0.2) is 13.8 Å². The molecular formula is C19H21F2N3O3. The Bertz CT molecular complexity index is 858. The number of piperidine rings is 1. The third kappa shape index (κ3) is 4.32. The highest BCUT2D eigenvalue weighted by molar-refractivity contribution is 5.94. The van der Waals surface area contributed by atoms with Gasteiger partial charge in [0.1, 0.15) is 17.4 Å².